The van der Waals surface area contributed by atoms with Crippen molar-refractivity contribution < 1.29 is 19.4 Å². The van der Waals surface area contributed by atoms with Gasteiger partial charge in [-0.05, 0) is 44.2 Å². The molecule has 9 heteroatoms. The Morgan fingerprint density at radius 3 is 2.50 bits per heavy atom. The summed E-state index contributed by atoms with van der Waals surface area (Å²) in [5.74, 6) is -0.503. The largest absolute Gasteiger partial charge is 0.480 e. The Bertz CT molecular complexity index is 1230. The molecule has 0 bridgehead atoms. The van der Waals surface area contributed by atoms with Gasteiger partial charge in [-0.3, -0.25) is 14.5 Å². The highest BCUT2D eigenvalue weighted by molar-refractivity contribution is 8.26. The minimum atomic E-state index is -1.13. The summed E-state index contributed by atoms with van der Waals surface area (Å²) in [6.07, 6.45) is 1.66. The van der Waals surface area contributed by atoms with Gasteiger partial charge in [0, 0.05) is 0 Å². The summed E-state index contributed by atoms with van der Waals surface area (Å²) in [6.45, 7) is 3.34. The summed E-state index contributed by atoms with van der Waals surface area (Å²) >= 11 is 6.27. The lowest BCUT2D eigenvalue weighted by Crippen LogP contribution is -2.33. The quantitative estimate of drug-likeness (QED) is 0.422. The normalized spacial score (nSPS) is 14.9. The summed E-state index contributed by atoms with van der Waals surface area (Å²) in [6, 6.07) is 17.2. The summed E-state index contributed by atoms with van der Waals surface area (Å²) < 4.78 is 8.12. The first kappa shape index (κ1) is 21.8. The number of carbonyl (C=O) groups excluding carboxylic acids is 1. The van der Waals surface area contributed by atoms with Crippen molar-refractivity contribution in [2.75, 3.05) is 6.54 Å². The molecule has 0 unspecified atom stereocenters. The van der Waals surface area contributed by atoms with Gasteiger partial charge >= 0.3 is 5.97 Å². The van der Waals surface area contributed by atoms with E-state index >= 15 is 0 Å². The Hall–Kier alpha value is -3.43. The number of nitrogens with zero attached hydrogens (tertiary/aromatic N) is 3. The van der Waals surface area contributed by atoms with Gasteiger partial charge in [0.25, 0.3) is 5.91 Å². The van der Waals surface area contributed by atoms with Crippen LogP contribution in [0.4, 0.5) is 0 Å². The van der Waals surface area contributed by atoms with Crippen LogP contribution in [0.2, 0.25) is 0 Å². The third-order valence-electron chi connectivity index (χ3n) is 4.74. The molecule has 0 spiro atoms. The lowest BCUT2D eigenvalue weighted by Gasteiger charge is -2.11. The van der Waals surface area contributed by atoms with Crippen LogP contribution in [0.1, 0.15) is 16.8 Å². The van der Waals surface area contributed by atoms with Crippen LogP contribution in [-0.2, 0) is 9.59 Å². The molecule has 3 aromatic rings. The van der Waals surface area contributed by atoms with Gasteiger partial charge in [-0.25, -0.2) is 0 Å². The number of carbonyl (C=O) groups is 2. The number of para-hydroxylation sites is 1. The Kier molecular flexibility index (Phi) is 6.11. The van der Waals surface area contributed by atoms with E-state index in [9.17, 15) is 9.59 Å². The van der Waals surface area contributed by atoms with Crippen LogP contribution in [-0.4, -0.2) is 42.5 Å². The van der Waals surface area contributed by atoms with Crippen LogP contribution in [0.3, 0.4) is 0 Å². The lowest BCUT2D eigenvalue weighted by molar-refractivity contribution is -0.140. The van der Waals surface area contributed by atoms with E-state index in [1.54, 1.807) is 10.8 Å². The van der Waals surface area contributed by atoms with E-state index < -0.39 is 18.4 Å². The fraction of sp³-hybridized carbons (Fsp3) is 0.130. The first-order valence-electron chi connectivity index (χ1n) is 9.70. The Morgan fingerprint density at radius 1 is 1.16 bits per heavy atom. The zero-order valence-electron chi connectivity index (χ0n) is 17.3. The Balaban J connectivity index is 1.80. The van der Waals surface area contributed by atoms with Crippen molar-refractivity contribution in [1.29, 1.82) is 0 Å². The first-order chi connectivity index (χ1) is 15.3. The fourth-order valence-corrected chi connectivity index (χ4v) is 4.38. The van der Waals surface area contributed by atoms with Gasteiger partial charge in [-0.2, -0.15) is 9.78 Å². The predicted octanol–water partition coefficient (Wildman–Crippen LogP) is 4.57. The van der Waals surface area contributed by atoms with E-state index in [-0.39, 0.29) is 4.32 Å². The standard InChI is InChI=1S/C23H19N3O4S2/c1-14-8-10-17(11-9-14)30-22-18(15(2)24-26(22)16-6-4-3-5-7-16)12-19-21(29)25(13-20(27)28)23(31)32-19/h3-12H,13H2,1-2H3,(H,27,28)/b19-12-. The number of hydrogen-bond donors (Lipinski definition) is 1. The van der Waals surface area contributed by atoms with E-state index in [1.165, 1.54) is 0 Å². The van der Waals surface area contributed by atoms with Crippen molar-refractivity contribution in [3.8, 4) is 17.3 Å². The predicted molar refractivity (Wildman–Crippen MR) is 127 cm³/mol. The molecule has 1 N–H and O–H groups in total. The number of carboxylic acids is 1. The van der Waals surface area contributed by atoms with Crippen LogP contribution in [0.25, 0.3) is 11.8 Å². The van der Waals surface area contributed by atoms with Gasteiger partial charge in [-0.1, -0.05) is 59.9 Å². The number of thioether (sulfide) groups is 1. The molecule has 0 saturated carbocycles. The van der Waals surface area contributed by atoms with Crippen molar-refractivity contribution in [2.45, 2.75) is 13.8 Å². The summed E-state index contributed by atoms with van der Waals surface area (Å²) in [7, 11) is 0. The molecule has 1 amide bonds. The van der Waals surface area contributed by atoms with Gasteiger partial charge in [0.05, 0.1) is 21.8 Å². The molecule has 2 heterocycles. The second-order valence-electron chi connectivity index (χ2n) is 7.13. The number of benzene rings is 2. The second kappa shape index (κ2) is 8.97. The molecule has 1 aliphatic heterocycles. The van der Waals surface area contributed by atoms with Crippen molar-refractivity contribution in [3.63, 3.8) is 0 Å². The molecular weight excluding hydrogens is 446 g/mol. The van der Waals surface area contributed by atoms with E-state index in [0.717, 1.165) is 27.9 Å². The third kappa shape index (κ3) is 4.44. The molecule has 1 aliphatic rings. The number of aromatic nitrogens is 2. The maximum atomic E-state index is 12.8. The Morgan fingerprint density at radius 2 is 1.84 bits per heavy atom. The van der Waals surface area contributed by atoms with E-state index in [1.807, 2.05) is 68.4 Å². The van der Waals surface area contributed by atoms with Gasteiger partial charge in [0.15, 0.2) is 0 Å². The molecule has 2 aromatic carbocycles. The van der Waals surface area contributed by atoms with E-state index in [2.05, 4.69) is 5.10 Å². The number of rotatable bonds is 6. The van der Waals surface area contributed by atoms with Gasteiger partial charge in [0.2, 0.25) is 5.88 Å². The zero-order valence-corrected chi connectivity index (χ0v) is 18.9. The average molecular weight is 466 g/mol. The molecule has 0 aliphatic carbocycles. The zero-order chi connectivity index (χ0) is 22.8. The summed E-state index contributed by atoms with van der Waals surface area (Å²) in [5, 5.41) is 13.7. The minimum Gasteiger partial charge on any atom is -0.480 e. The minimum absolute atomic E-state index is 0.206. The molecular formula is C23H19N3O4S2. The van der Waals surface area contributed by atoms with Gasteiger partial charge < -0.3 is 9.84 Å². The molecule has 32 heavy (non-hydrogen) atoms. The number of ether oxygens (including phenoxy) is 1. The SMILES string of the molecule is Cc1ccc(Oc2c(/C=C3\SC(=S)N(CC(=O)O)C3=O)c(C)nn2-c2ccccc2)cc1. The van der Waals surface area contributed by atoms with Crippen LogP contribution >= 0.6 is 24.0 Å². The van der Waals surface area contributed by atoms with Crippen molar-refractivity contribution in [1.82, 2.24) is 14.7 Å². The van der Waals surface area contributed by atoms with Crippen LogP contribution < -0.4 is 4.74 Å². The number of carboxylic acid groups (broad SMARTS) is 1. The molecule has 1 aromatic heterocycles. The second-order valence-corrected chi connectivity index (χ2v) is 8.80. The third-order valence-corrected chi connectivity index (χ3v) is 6.12. The smallest absolute Gasteiger partial charge is 0.323 e. The van der Waals surface area contributed by atoms with Gasteiger partial charge in [-0.15, -0.1) is 0 Å². The van der Waals surface area contributed by atoms with Crippen molar-refractivity contribution in [2.24, 2.45) is 0 Å². The fourth-order valence-electron chi connectivity index (χ4n) is 3.15. The highest BCUT2D eigenvalue weighted by atomic mass is 32.2. The number of thiocarbonyl (C=S) groups is 1. The first-order valence-corrected chi connectivity index (χ1v) is 10.9. The molecule has 0 radical (unpaired) electrons. The lowest BCUT2D eigenvalue weighted by atomic mass is 10.2. The highest BCUT2D eigenvalue weighted by Gasteiger charge is 2.34. The van der Waals surface area contributed by atoms with Crippen LogP contribution in [0, 0.1) is 13.8 Å². The molecule has 0 atom stereocenters. The molecule has 162 valence electrons. The van der Waals surface area contributed by atoms with Crippen molar-refractivity contribution in [3.05, 3.63) is 76.3 Å². The molecule has 1 fully saturated rings. The number of hydrogen-bond acceptors (Lipinski definition) is 6. The molecule has 4 rings (SSSR count). The number of aryl methyl sites for hydroxylation is 2. The van der Waals surface area contributed by atoms with Crippen LogP contribution in [0.5, 0.6) is 11.6 Å². The van der Waals surface area contributed by atoms with E-state index in [4.69, 9.17) is 22.1 Å². The van der Waals surface area contributed by atoms with Gasteiger partial charge in [0.1, 0.15) is 16.6 Å². The maximum absolute atomic E-state index is 12.8. The molecule has 1 saturated heterocycles. The van der Waals surface area contributed by atoms with Crippen LogP contribution in [0.15, 0.2) is 59.5 Å². The number of amides is 1. The molecule has 7 nitrogen and oxygen atoms in total. The number of aliphatic carboxylic acids is 1. The monoisotopic (exact) mass is 465 g/mol. The average Bonchev–Trinajstić information content (AvgIpc) is 3.21. The van der Waals surface area contributed by atoms with E-state index in [0.29, 0.717) is 27.8 Å². The Labute approximate surface area is 194 Å². The highest BCUT2D eigenvalue weighted by Crippen LogP contribution is 2.37. The summed E-state index contributed by atoms with van der Waals surface area (Å²) in [4.78, 5) is 25.3. The summed E-state index contributed by atoms with van der Waals surface area (Å²) in [5.41, 5.74) is 3.17. The topological polar surface area (TPSA) is 84.7 Å². The van der Waals surface area contributed by atoms with Crippen molar-refractivity contribution >= 4 is 46.3 Å². The maximum Gasteiger partial charge on any atom is 0.323 e.